The third kappa shape index (κ3) is 6.56. The van der Waals surface area contributed by atoms with Crippen molar-refractivity contribution in [3.8, 4) is 5.75 Å². The number of rotatable bonds is 7. The Hall–Kier alpha value is -3.23. The number of benzene rings is 2. The van der Waals surface area contributed by atoms with Crippen molar-refractivity contribution in [1.82, 2.24) is 9.55 Å². The zero-order valence-electron chi connectivity index (χ0n) is 21.9. The summed E-state index contributed by atoms with van der Waals surface area (Å²) in [6.45, 7) is 8.88. The van der Waals surface area contributed by atoms with Gasteiger partial charge in [-0.25, -0.2) is 4.98 Å². The third-order valence-corrected chi connectivity index (χ3v) is 7.05. The number of alkyl halides is 3. The topological polar surface area (TPSA) is 65.4 Å². The number of methoxy groups -OCH3 is 1. The summed E-state index contributed by atoms with van der Waals surface area (Å²) in [6.07, 6.45) is -0.759. The highest BCUT2D eigenvalue weighted by Crippen LogP contribution is 2.46. The minimum atomic E-state index is -4.74. The fraction of sp³-hybridized carbons (Fsp3) is 0.500. The summed E-state index contributed by atoms with van der Waals surface area (Å²) in [5.41, 5.74) is 4.68. The highest BCUT2D eigenvalue weighted by molar-refractivity contribution is 5.82. The van der Waals surface area contributed by atoms with Crippen molar-refractivity contribution in [3.05, 3.63) is 47.5 Å². The fourth-order valence-corrected chi connectivity index (χ4v) is 5.72. The monoisotopic (exact) mass is 517 g/mol. The number of imidazole rings is 1. The molecular weight excluding hydrogens is 483 g/mol. The van der Waals surface area contributed by atoms with Crippen molar-refractivity contribution in [2.24, 2.45) is 11.3 Å². The fourth-order valence-electron chi connectivity index (χ4n) is 5.72. The highest BCUT2D eigenvalue weighted by Gasteiger charge is 2.35. The predicted molar refractivity (Wildman–Crippen MR) is 137 cm³/mol. The second kappa shape index (κ2) is 10.3. The molecule has 0 unspecified atom stereocenters. The van der Waals surface area contributed by atoms with E-state index < -0.39 is 6.36 Å². The van der Waals surface area contributed by atoms with Crippen LogP contribution in [0.1, 0.15) is 63.6 Å². The van der Waals surface area contributed by atoms with Gasteiger partial charge in [0.2, 0.25) is 5.95 Å². The van der Waals surface area contributed by atoms with Gasteiger partial charge >= 0.3 is 12.3 Å². The smallest absolute Gasteiger partial charge is 0.469 e. The number of halogens is 3. The zero-order valence-corrected chi connectivity index (χ0v) is 21.9. The van der Waals surface area contributed by atoms with Crippen LogP contribution >= 0.6 is 0 Å². The van der Waals surface area contributed by atoms with Crippen molar-refractivity contribution < 1.29 is 27.4 Å². The van der Waals surface area contributed by atoms with Gasteiger partial charge in [-0.1, -0.05) is 20.8 Å². The Balaban J connectivity index is 1.73. The van der Waals surface area contributed by atoms with Gasteiger partial charge in [0.15, 0.2) is 0 Å². The van der Waals surface area contributed by atoms with Gasteiger partial charge in [0.1, 0.15) is 5.75 Å². The Morgan fingerprint density at radius 2 is 1.89 bits per heavy atom. The minimum absolute atomic E-state index is 0.169. The molecule has 0 spiro atoms. The predicted octanol–water partition coefficient (Wildman–Crippen LogP) is 7.48. The average molecular weight is 518 g/mol. The number of nitrogens with zero attached hydrogens (tertiary/aromatic N) is 2. The zero-order chi connectivity index (χ0) is 27.0. The van der Waals surface area contributed by atoms with Crippen LogP contribution in [0.5, 0.6) is 5.75 Å². The molecule has 0 amide bonds. The molecule has 0 radical (unpaired) electrons. The average Bonchev–Trinajstić information content (AvgIpc) is 3.12. The number of ether oxygens (including phenoxy) is 2. The van der Waals surface area contributed by atoms with Crippen molar-refractivity contribution in [2.75, 3.05) is 12.4 Å². The number of esters is 1. The van der Waals surface area contributed by atoms with E-state index in [2.05, 4.69) is 41.5 Å². The molecule has 2 aromatic carbocycles. The lowest BCUT2D eigenvalue weighted by Gasteiger charge is -2.40. The standard InChI is InChI=1S/C28H34F3N3O3/c1-17-12-21(16-27(3,4)15-17)34-24-13-18(2)19(6-11-25(35)36-5)14-23(24)33-26(34)32-20-7-9-22(10-8-20)37-28(29,30)31/h7-10,13-14,17,21H,6,11-12,15-16H2,1-5H3,(H,32,33)/t17-,21-/m1/s1. The second-order valence-corrected chi connectivity index (χ2v) is 10.9. The first kappa shape index (κ1) is 26.8. The van der Waals surface area contributed by atoms with Crippen molar-refractivity contribution >= 4 is 28.6 Å². The molecule has 0 bridgehead atoms. The summed E-state index contributed by atoms with van der Waals surface area (Å²) in [4.78, 5) is 16.6. The number of carbonyl (C=O) groups excluding carboxylic acids is 1. The summed E-state index contributed by atoms with van der Waals surface area (Å²) in [5, 5.41) is 3.33. The first-order chi connectivity index (χ1) is 17.3. The molecule has 9 heteroatoms. The van der Waals surface area contributed by atoms with Crippen LogP contribution in [0.25, 0.3) is 11.0 Å². The summed E-state index contributed by atoms with van der Waals surface area (Å²) in [6, 6.07) is 10.0. The van der Waals surface area contributed by atoms with Gasteiger partial charge in [-0.15, -0.1) is 13.2 Å². The summed E-state index contributed by atoms with van der Waals surface area (Å²) < 4.78 is 48.7. The van der Waals surface area contributed by atoms with Crippen LogP contribution in [0.2, 0.25) is 0 Å². The maximum atomic E-state index is 12.6. The molecule has 0 saturated heterocycles. The molecule has 0 aliphatic heterocycles. The molecule has 6 nitrogen and oxygen atoms in total. The van der Waals surface area contributed by atoms with E-state index in [-0.39, 0.29) is 29.6 Å². The summed E-state index contributed by atoms with van der Waals surface area (Å²) in [5.74, 6) is 0.640. The first-order valence-corrected chi connectivity index (χ1v) is 12.5. The van der Waals surface area contributed by atoms with Gasteiger partial charge in [-0.2, -0.15) is 0 Å². The summed E-state index contributed by atoms with van der Waals surface area (Å²) >= 11 is 0. The van der Waals surface area contributed by atoms with Crippen LogP contribution in [-0.2, 0) is 16.0 Å². The second-order valence-electron chi connectivity index (χ2n) is 10.9. The SMILES string of the molecule is COC(=O)CCc1cc2nc(Nc3ccc(OC(F)(F)F)cc3)n([C@@H]3C[C@@H](C)CC(C)(C)C3)c2cc1C. The Bertz CT molecular complexity index is 1270. The van der Waals surface area contributed by atoms with Crippen molar-refractivity contribution in [1.29, 1.82) is 0 Å². The third-order valence-electron chi connectivity index (χ3n) is 7.05. The van der Waals surface area contributed by atoms with E-state index in [9.17, 15) is 18.0 Å². The molecule has 4 rings (SSSR count). The van der Waals surface area contributed by atoms with Crippen LogP contribution in [0.15, 0.2) is 36.4 Å². The number of hydrogen-bond donors (Lipinski definition) is 1. The Morgan fingerprint density at radius 3 is 2.51 bits per heavy atom. The summed E-state index contributed by atoms with van der Waals surface area (Å²) in [7, 11) is 1.38. The molecule has 1 saturated carbocycles. The van der Waals surface area contributed by atoms with Crippen LogP contribution in [-0.4, -0.2) is 29.0 Å². The van der Waals surface area contributed by atoms with E-state index >= 15 is 0 Å². The minimum Gasteiger partial charge on any atom is -0.469 e. The number of anilines is 2. The number of carbonyl (C=O) groups is 1. The van der Waals surface area contributed by atoms with E-state index in [1.807, 2.05) is 13.0 Å². The molecule has 1 heterocycles. The van der Waals surface area contributed by atoms with E-state index in [1.165, 1.54) is 19.2 Å². The van der Waals surface area contributed by atoms with Crippen LogP contribution in [0.4, 0.5) is 24.8 Å². The molecule has 3 aromatic rings. The highest BCUT2D eigenvalue weighted by atomic mass is 19.4. The van der Waals surface area contributed by atoms with Crippen LogP contribution < -0.4 is 10.1 Å². The van der Waals surface area contributed by atoms with Gasteiger partial charge in [0.05, 0.1) is 18.1 Å². The van der Waals surface area contributed by atoms with Gasteiger partial charge in [0, 0.05) is 18.2 Å². The van der Waals surface area contributed by atoms with Gasteiger partial charge in [-0.05, 0) is 91.5 Å². The Kier molecular flexibility index (Phi) is 7.44. The van der Waals surface area contributed by atoms with E-state index in [4.69, 9.17) is 9.72 Å². The van der Waals surface area contributed by atoms with E-state index in [1.54, 1.807) is 12.1 Å². The number of nitrogens with one attached hydrogen (secondary N) is 1. The lowest BCUT2D eigenvalue weighted by atomic mass is 9.70. The van der Waals surface area contributed by atoms with Crippen molar-refractivity contribution in [3.63, 3.8) is 0 Å². The molecule has 2 atom stereocenters. The molecule has 1 aliphatic rings. The maximum absolute atomic E-state index is 12.6. The van der Waals surface area contributed by atoms with E-state index in [0.717, 1.165) is 41.4 Å². The van der Waals surface area contributed by atoms with Gasteiger partial charge in [-0.3, -0.25) is 4.79 Å². The van der Waals surface area contributed by atoms with Gasteiger partial charge < -0.3 is 19.4 Å². The lowest BCUT2D eigenvalue weighted by Crippen LogP contribution is -2.29. The Labute approximate surface area is 215 Å². The molecule has 1 aromatic heterocycles. The number of fused-ring (bicyclic) bond motifs is 1. The van der Waals surface area contributed by atoms with E-state index in [0.29, 0.717) is 24.0 Å². The Morgan fingerprint density at radius 1 is 1.19 bits per heavy atom. The quantitative estimate of drug-likeness (QED) is 0.329. The molecule has 200 valence electrons. The molecular formula is C28H34F3N3O3. The number of hydrogen-bond acceptors (Lipinski definition) is 5. The van der Waals surface area contributed by atoms with Crippen molar-refractivity contribution in [2.45, 2.75) is 72.2 Å². The largest absolute Gasteiger partial charge is 0.573 e. The molecule has 1 fully saturated rings. The molecule has 1 N–H and O–H groups in total. The lowest BCUT2D eigenvalue weighted by molar-refractivity contribution is -0.274. The number of aromatic nitrogens is 2. The first-order valence-electron chi connectivity index (χ1n) is 12.5. The number of aryl methyl sites for hydroxylation is 2. The normalized spacial score (nSPS) is 19.6. The maximum Gasteiger partial charge on any atom is 0.573 e. The van der Waals surface area contributed by atoms with Crippen LogP contribution in [0.3, 0.4) is 0 Å². The molecule has 1 aliphatic carbocycles. The molecule has 37 heavy (non-hydrogen) atoms. The van der Waals surface area contributed by atoms with Gasteiger partial charge in [0.25, 0.3) is 0 Å². The van der Waals surface area contributed by atoms with Crippen LogP contribution in [0, 0.1) is 18.3 Å².